The lowest BCUT2D eigenvalue weighted by Crippen LogP contribution is -2.38. The van der Waals surface area contributed by atoms with E-state index in [0.717, 1.165) is 5.56 Å². The van der Waals surface area contributed by atoms with Gasteiger partial charge in [-0.1, -0.05) is 6.07 Å². The van der Waals surface area contributed by atoms with Crippen molar-refractivity contribution in [1.82, 2.24) is 10.3 Å². The Morgan fingerprint density at radius 3 is 2.57 bits per heavy atom. The van der Waals surface area contributed by atoms with Crippen molar-refractivity contribution in [2.24, 2.45) is 0 Å². The number of urea groups is 1. The Labute approximate surface area is 162 Å². The molecule has 0 aliphatic heterocycles. The summed E-state index contributed by atoms with van der Waals surface area (Å²) >= 11 is 0. The van der Waals surface area contributed by atoms with Crippen molar-refractivity contribution in [3.05, 3.63) is 54.4 Å². The number of anilines is 1. The lowest BCUT2D eigenvalue weighted by molar-refractivity contribution is 0.172. The molecule has 1 aromatic carbocycles. The average Bonchev–Trinajstić information content (AvgIpc) is 2.69. The summed E-state index contributed by atoms with van der Waals surface area (Å²) in [6, 6.07) is 8.53. The molecule has 0 bridgehead atoms. The minimum Gasteiger partial charge on any atom is -0.334 e. The van der Waals surface area contributed by atoms with Gasteiger partial charge in [0.15, 0.2) is 9.84 Å². The van der Waals surface area contributed by atoms with E-state index in [2.05, 4.69) is 15.6 Å². The third kappa shape index (κ3) is 4.83. The second kappa shape index (κ2) is 8.64. The van der Waals surface area contributed by atoms with Crippen molar-refractivity contribution in [3.63, 3.8) is 0 Å². The molecule has 1 heterocycles. The van der Waals surface area contributed by atoms with Gasteiger partial charge in [-0.3, -0.25) is 4.98 Å². The fourth-order valence-corrected chi connectivity index (χ4v) is 4.98. The van der Waals surface area contributed by atoms with Crippen LogP contribution in [0.3, 0.4) is 0 Å². The van der Waals surface area contributed by atoms with Crippen LogP contribution in [-0.2, 0) is 16.4 Å². The van der Waals surface area contributed by atoms with Crippen LogP contribution in [0.1, 0.15) is 24.8 Å². The van der Waals surface area contributed by atoms with Crippen LogP contribution in [0.5, 0.6) is 0 Å². The third-order valence-corrected chi connectivity index (χ3v) is 6.88. The summed E-state index contributed by atoms with van der Waals surface area (Å²) in [5.74, 6) is 0. The van der Waals surface area contributed by atoms with Crippen LogP contribution in [0, 0.1) is 0 Å². The van der Waals surface area contributed by atoms with Crippen molar-refractivity contribution in [2.45, 2.75) is 48.3 Å². The number of alkyl halides is 2. The van der Waals surface area contributed by atoms with E-state index in [9.17, 15) is 22.0 Å². The van der Waals surface area contributed by atoms with Gasteiger partial charge in [0.25, 0.3) is 0 Å². The average molecular weight is 409 g/mol. The fourth-order valence-electron chi connectivity index (χ4n) is 3.13. The molecule has 1 aromatic heterocycles. The molecule has 0 radical (unpaired) electrons. The van der Waals surface area contributed by atoms with E-state index < -0.39 is 33.5 Å². The summed E-state index contributed by atoms with van der Waals surface area (Å²) < 4.78 is 52.9. The molecule has 2 amide bonds. The maximum Gasteiger partial charge on any atom is 0.319 e. The Bertz CT molecular complexity index is 908. The first-order valence-corrected chi connectivity index (χ1v) is 10.5. The lowest BCUT2D eigenvalue weighted by atomic mass is 9.97. The predicted octanol–water partition coefficient (Wildman–Crippen LogP) is 3.41. The summed E-state index contributed by atoms with van der Waals surface area (Å²) in [4.78, 5) is 15.8. The van der Waals surface area contributed by atoms with Gasteiger partial charge in [-0.05, 0) is 55.2 Å². The molecule has 0 spiro atoms. The van der Waals surface area contributed by atoms with Gasteiger partial charge in [0.2, 0.25) is 0 Å². The van der Waals surface area contributed by atoms with E-state index >= 15 is 0 Å². The highest BCUT2D eigenvalue weighted by atomic mass is 32.2. The summed E-state index contributed by atoms with van der Waals surface area (Å²) in [6.45, 7) is 0.288. The summed E-state index contributed by atoms with van der Waals surface area (Å²) in [5, 5.41) is 3.86. The Morgan fingerprint density at radius 2 is 1.89 bits per heavy atom. The Hall–Kier alpha value is -2.55. The number of pyridine rings is 1. The molecule has 0 saturated heterocycles. The Kier molecular flexibility index (Phi) is 6.23. The highest BCUT2D eigenvalue weighted by molar-refractivity contribution is 7.92. The van der Waals surface area contributed by atoms with Gasteiger partial charge in [0, 0.05) is 24.6 Å². The van der Waals surface area contributed by atoms with Gasteiger partial charge in [-0.25, -0.2) is 22.0 Å². The molecule has 1 saturated carbocycles. The topological polar surface area (TPSA) is 88.2 Å². The van der Waals surface area contributed by atoms with Crippen LogP contribution < -0.4 is 10.6 Å². The molecule has 2 N–H and O–H groups in total. The molecule has 28 heavy (non-hydrogen) atoms. The Balaban J connectivity index is 1.62. The molecule has 1 aliphatic rings. The molecule has 3 atom stereocenters. The Morgan fingerprint density at radius 1 is 1.14 bits per heavy atom. The summed E-state index contributed by atoms with van der Waals surface area (Å²) in [6.07, 6.45) is -0.00703. The molecule has 2 aromatic rings. The SMILES string of the molecule is O=C(NCc1cccnc1)Nc1ccc(S(=O)(=O)C2CC(F)CCC2F)cc1. The molecule has 3 unspecified atom stereocenters. The van der Waals surface area contributed by atoms with Crippen LogP contribution in [0.4, 0.5) is 19.3 Å². The van der Waals surface area contributed by atoms with E-state index in [0.29, 0.717) is 5.69 Å². The first-order valence-electron chi connectivity index (χ1n) is 8.92. The molecule has 1 fully saturated rings. The fraction of sp³-hybridized carbons (Fsp3) is 0.368. The maximum atomic E-state index is 14.1. The maximum absolute atomic E-state index is 14.1. The number of rotatable bonds is 5. The molecular formula is C19H21F2N3O3S. The van der Waals surface area contributed by atoms with Gasteiger partial charge in [0.05, 0.1) is 10.1 Å². The van der Waals surface area contributed by atoms with Crippen molar-refractivity contribution in [1.29, 1.82) is 0 Å². The third-order valence-electron chi connectivity index (χ3n) is 4.66. The summed E-state index contributed by atoms with van der Waals surface area (Å²) in [7, 11) is -3.99. The van der Waals surface area contributed by atoms with Crippen LogP contribution in [0.25, 0.3) is 0 Å². The van der Waals surface area contributed by atoms with Crippen LogP contribution in [0.2, 0.25) is 0 Å². The van der Waals surface area contributed by atoms with Gasteiger partial charge >= 0.3 is 6.03 Å². The van der Waals surface area contributed by atoms with E-state index in [1.165, 1.54) is 24.3 Å². The van der Waals surface area contributed by atoms with E-state index in [1.54, 1.807) is 18.5 Å². The number of carbonyl (C=O) groups is 1. The van der Waals surface area contributed by atoms with Crippen molar-refractivity contribution >= 4 is 21.6 Å². The van der Waals surface area contributed by atoms with Crippen LogP contribution >= 0.6 is 0 Å². The number of nitrogens with zero attached hydrogens (tertiary/aromatic N) is 1. The minimum absolute atomic E-state index is 0.0458. The van der Waals surface area contributed by atoms with Gasteiger partial charge in [0.1, 0.15) is 12.3 Å². The zero-order chi connectivity index (χ0) is 20.1. The molecule has 9 heteroatoms. The zero-order valence-electron chi connectivity index (χ0n) is 15.0. The number of aromatic nitrogens is 1. The largest absolute Gasteiger partial charge is 0.334 e. The van der Waals surface area contributed by atoms with E-state index in [4.69, 9.17) is 0 Å². The normalized spacial score (nSPS) is 22.4. The van der Waals surface area contributed by atoms with Crippen molar-refractivity contribution < 1.29 is 22.0 Å². The summed E-state index contributed by atoms with van der Waals surface area (Å²) in [5.41, 5.74) is 1.21. The van der Waals surface area contributed by atoms with E-state index in [-0.39, 0.29) is 30.7 Å². The molecule has 150 valence electrons. The van der Waals surface area contributed by atoms with Crippen molar-refractivity contribution in [2.75, 3.05) is 5.32 Å². The smallest absolute Gasteiger partial charge is 0.319 e. The number of carbonyl (C=O) groups excluding carboxylic acids is 1. The van der Waals surface area contributed by atoms with Crippen molar-refractivity contribution in [3.8, 4) is 0 Å². The van der Waals surface area contributed by atoms with Gasteiger partial charge in [-0.15, -0.1) is 0 Å². The molecule has 1 aliphatic carbocycles. The number of benzene rings is 1. The first-order chi connectivity index (χ1) is 13.4. The molecule has 6 nitrogen and oxygen atoms in total. The number of nitrogens with one attached hydrogen (secondary N) is 2. The second-order valence-electron chi connectivity index (χ2n) is 6.70. The second-order valence-corrected chi connectivity index (χ2v) is 8.87. The number of hydrogen-bond donors (Lipinski definition) is 2. The number of sulfone groups is 1. The van der Waals surface area contributed by atoms with Crippen LogP contribution in [0.15, 0.2) is 53.7 Å². The number of amides is 2. The minimum atomic E-state index is -3.99. The van der Waals surface area contributed by atoms with Gasteiger partial charge < -0.3 is 10.6 Å². The quantitative estimate of drug-likeness (QED) is 0.792. The highest BCUT2D eigenvalue weighted by Crippen LogP contribution is 2.32. The van der Waals surface area contributed by atoms with Gasteiger partial charge in [-0.2, -0.15) is 0 Å². The number of halogens is 2. The predicted molar refractivity (Wildman–Crippen MR) is 101 cm³/mol. The number of hydrogen-bond acceptors (Lipinski definition) is 4. The van der Waals surface area contributed by atoms with E-state index in [1.807, 2.05) is 6.07 Å². The zero-order valence-corrected chi connectivity index (χ0v) is 15.8. The molecule has 3 rings (SSSR count). The molecular weight excluding hydrogens is 388 g/mol. The monoisotopic (exact) mass is 409 g/mol. The standard InChI is InChI=1S/C19H21F2N3O3S/c20-14-3-8-17(21)18(10-14)28(26,27)16-6-4-15(5-7-16)24-19(25)23-12-13-2-1-9-22-11-13/h1-2,4-7,9,11,14,17-18H,3,8,10,12H2,(H2,23,24,25). The highest BCUT2D eigenvalue weighted by Gasteiger charge is 2.40. The van der Waals surface area contributed by atoms with Crippen LogP contribution in [-0.4, -0.2) is 37.0 Å². The lowest BCUT2D eigenvalue weighted by Gasteiger charge is -2.28. The first kappa shape index (κ1) is 20.2.